The number of nitrogens with two attached hydrogens (primary N) is 1. The van der Waals surface area contributed by atoms with Crippen LogP contribution in [0.15, 0.2) is 48.5 Å². The van der Waals surface area contributed by atoms with Crippen LogP contribution in [-0.4, -0.2) is 10.9 Å². The van der Waals surface area contributed by atoms with Gasteiger partial charge in [-0.25, -0.2) is 4.98 Å². The van der Waals surface area contributed by atoms with Gasteiger partial charge in [-0.3, -0.25) is 4.79 Å². The number of hydrogen-bond acceptors (Lipinski definition) is 4. The van der Waals surface area contributed by atoms with Crippen LogP contribution in [0.25, 0.3) is 22.4 Å². The van der Waals surface area contributed by atoms with Gasteiger partial charge in [0.1, 0.15) is 17.5 Å². The average molecular weight is 356 g/mol. The molecule has 3 aromatic rings. The van der Waals surface area contributed by atoms with Crippen molar-refractivity contribution in [1.29, 1.82) is 5.26 Å². The molecule has 0 unspecified atom stereocenters. The van der Waals surface area contributed by atoms with Crippen molar-refractivity contribution in [3.05, 3.63) is 65.2 Å². The lowest BCUT2D eigenvalue weighted by Crippen LogP contribution is -2.05. The number of nitrogen functional groups attached to an aromatic ring is 1. The number of anilines is 2. The van der Waals surface area contributed by atoms with Crippen molar-refractivity contribution < 1.29 is 4.79 Å². The highest BCUT2D eigenvalue weighted by molar-refractivity contribution is 5.89. The maximum Gasteiger partial charge on any atom is 0.221 e. The fourth-order valence-electron chi connectivity index (χ4n) is 2.89. The number of nitrogens with one attached hydrogen (secondary N) is 1. The van der Waals surface area contributed by atoms with Crippen LogP contribution in [0.2, 0.25) is 0 Å². The van der Waals surface area contributed by atoms with E-state index >= 15 is 0 Å². The molecule has 0 aliphatic carbocycles. The second kappa shape index (κ2) is 7.30. The van der Waals surface area contributed by atoms with Crippen LogP contribution in [0.4, 0.5) is 11.5 Å². The van der Waals surface area contributed by atoms with Crippen molar-refractivity contribution in [2.45, 2.75) is 20.8 Å². The van der Waals surface area contributed by atoms with Gasteiger partial charge in [-0.2, -0.15) is 5.26 Å². The number of hydrogen-bond donors (Lipinski definition) is 2. The molecule has 1 heterocycles. The summed E-state index contributed by atoms with van der Waals surface area (Å²) in [6.45, 7) is 5.57. The molecule has 1 amide bonds. The largest absolute Gasteiger partial charge is 0.383 e. The van der Waals surface area contributed by atoms with Gasteiger partial charge in [-0.15, -0.1) is 0 Å². The molecule has 0 aliphatic heterocycles. The molecule has 5 heteroatoms. The lowest BCUT2D eigenvalue weighted by Gasteiger charge is -2.12. The van der Waals surface area contributed by atoms with Crippen LogP contribution >= 0.6 is 0 Å². The zero-order valence-electron chi connectivity index (χ0n) is 15.5. The topological polar surface area (TPSA) is 91.8 Å². The van der Waals surface area contributed by atoms with Gasteiger partial charge in [0.2, 0.25) is 5.91 Å². The molecule has 27 heavy (non-hydrogen) atoms. The lowest BCUT2D eigenvalue weighted by atomic mass is 9.97. The van der Waals surface area contributed by atoms with Crippen LogP contribution in [0.3, 0.4) is 0 Å². The van der Waals surface area contributed by atoms with Crippen molar-refractivity contribution in [1.82, 2.24) is 4.98 Å². The van der Waals surface area contributed by atoms with Crippen molar-refractivity contribution in [3.63, 3.8) is 0 Å². The molecule has 0 saturated carbocycles. The molecular weight excluding hydrogens is 336 g/mol. The number of pyridine rings is 1. The molecule has 0 fully saturated rings. The highest BCUT2D eigenvalue weighted by atomic mass is 16.1. The second-order valence-corrected chi connectivity index (χ2v) is 6.48. The molecule has 1 aromatic heterocycles. The monoisotopic (exact) mass is 356 g/mol. The van der Waals surface area contributed by atoms with E-state index in [0.29, 0.717) is 16.8 Å². The van der Waals surface area contributed by atoms with Gasteiger partial charge in [0.05, 0.1) is 5.69 Å². The first-order valence-electron chi connectivity index (χ1n) is 8.55. The standard InChI is InChI=1S/C22H20N4O/c1-13-4-5-17(10-14(13)2)21-11-19(20(12-23)22(24)26-21)16-6-8-18(9-7-16)25-15(3)27/h4-11H,1-3H3,(H2,24,26)(H,25,27). The summed E-state index contributed by atoms with van der Waals surface area (Å²) in [6, 6.07) is 17.4. The fourth-order valence-corrected chi connectivity index (χ4v) is 2.89. The molecule has 0 aliphatic rings. The minimum absolute atomic E-state index is 0.134. The molecule has 0 saturated heterocycles. The van der Waals surface area contributed by atoms with E-state index in [1.165, 1.54) is 18.1 Å². The summed E-state index contributed by atoms with van der Waals surface area (Å²) in [5, 5.41) is 12.3. The fraction of sp³-hybridized carbons (Fsp3) is 0.136. The van der Waals surface area contributed by atoms with E-state index in [2.05, 4.69) is 29.4 Å². The Balaban J connectivity index is 2.11. The molecule has 3 rings (SSSR count). The van der Waals surface area contributed by atoms with E-state index in [1.54, 1.807) is 12.1 Å². The van der Waals surface area contributed by atoms with Gasteiger partial charge in [-0.05, 0) is 54.8 Å². The predicted molar refractivity (Wildman–Crippen MR) is 108 cm³/mol. The summed E-state index contributed by atoms with van der Waals surface area (Å²) < 4.78 is 0. The highest BCUT2D eigenvalue weighted by Gasteiger charge is 2.14. The average Bonchev–Trinajstić information content (AvgIpc) is 2.63. The summed E-state index contributed by atoms with van der Waals surface area (Å²) >= 11 is 0. The maximum atomic E-state index is 11.2. The SMILES string of the molecule is CC(=O)Nc1ccc(-c2cc(-c3ccc(C)c(C)c3)nc(N)c2C#N)cc1. The summed E-state index contributed by atoms with van der Waals surface area (Å²) in [5.41, 5.74) is 12.7. The Morgan fingerprint density at radius 3 is 2.30 bits per heavy atom. The highest BCUT2D eigenvalue weighted by Crippen LogP contribution is 2.32. The second-order valence-electron chi connectivity index (χ2n) is 6.48. The number of amides is 1. The number of aromatic nitrogens is 1. The zero-order chi connectivity index (χ0) is 19.6. The van der Waals surface area contributed by atoms with E-state index in [-0.39, 0.29) is 11.7 Å². The maximum absolute atomic E-state index is 11.2. The van der Waals surface area contributed by atoms with Crippen molar-refractivity contribution in [3.8, 4) is 28.5 Å². The van der Waals surface area contributed by atoms with Gasteiger partial charge >= 0.3 is 0 Å². The van der Waals surface area contributed by atoms with Crippen LogP contribution in [0, 0.1) is 25.2 Å². The minimum atomic E-state index is -0.134. The number of aryl methyl sites for hydroxylation is 2. The normalized spacial score (nSPS) is 10.3. The van der Waals surface area contributed by atoms with Gasteiger partial charge in [0, 0.05) is 23.7 Å². The van der Waals surface area contributed by atoms with Crippen molar-refractivity contribution in [2.24, 2.45) is 0 Å². The van der Waals surface area contributed by atoms with Gasteiger partial charge in [0.25, 0.3) is 0 Å². The smallest absolute Gasteiger partial charge is 0.221 e. The van der Waals surface area contributed by atoms with Crippen LogP contribution in [0.1, 0.15) is 23.6 Å². The van der Waals surface area contributed by atoms with Gasteiger partial charge in [0.15, 0.2) is 0 Å². The van der Waals surface area contributed by atoms with E-state index < -0.39 is 0 Å². The molecule has 3 N–H and O–H groups in total. The summed E-state index contributed by atoms with van der Waals surface area (Å²) in [4.78, 5) is 15.6. The molecular formula is C22H20N4O. The zero-order valence-corrected chi connectivity index (χ0v) is 15.5. The first-order chi connectivity index (χ1) is 12.9. The first kappa shape index (κ1) is 18.2. The number of nitrogens with zero attached hydrogens (tertiary/aromatic N) is 2. The Hall–Kier alpha value is -3.65. The quantitative estimate of drug-likeness (QED) is 0.725. The summed E-state index contributed by atoms with van der Waals surface area (Å²) in [5.74, 6) is 0.0693. The third kappa shape index (κ3) is 3.80. The van der Waals surface area contributed by atoms with E-state index in [4.69, 9.17) is 5.73 Å². The number of carbonyl (C=O) groups excluding carboxylic acids is 1. The Bertz CT molecular complexity index is 1060. The van der Waals surface area contributed by atoms with Gasteiger partial charge < -0.3 is 11.1 Å². The van der Waals surface area contributed by atoms with Crippen molar-refractivity contribution in [2.75, 3.05) is 11.1 Å². The van der Waals surface area contributed by atoms with Crippen LogP contribution in [0.5, 0.6) is 0 Å². The molecule has 0 radical (unpaired) electrons. The third-order valence-corrected chi connectivity index (χ3v) is 4.48. The predicted octanol–water partition coefficient (Wildman–Crippen LogP) is 4.44. The van der Waals surface area contributed by atoms with E-state index in [1.807, 2.05) is 37.3 Å². The molecule has 0 bridgehead atoms. The number of nitriles is 1. The number of benzene rings is 2. The Kier molecular flexibility index (Phi) is 4.91. The molecule has 2 aromatic carbocycles. The third-order valence-electron chi connectivity index (χ3n) is 4.48. The molecule has 0 spiro atoms. The summed E-state index contributed by atoms with van der Waals surface area (Å²) in [6.07, 6.45) is 0. The Morgan fingerprint density at radius 2 is 1.70 bits per heavy atom. The molecule has 5 nitrogen and oxygen atoms in total. The van der Waals surface area contributed by atoms with Crippen LogP contribution in [-0.2, 0) is 4.79 Å². The lowest BCUT2D eigenvalue weighted by molar-refractivity contribution is -0.114. The number of rotatable bonds is 3. The molecule has 0 atom stereocenters. The van der Waals surface area contributed by atoms with E-state index in [9.17, 15) is 10.1 Å². The summed E-state index contributed by atoms with van der Waals surface area (Å²) in [7, 11) is 0. The Morgan fingerprint density at radius 1 is 1.04 bits per heavy atom. The minimum Gasteiger partial charge on any atom is -0.383 e. The van der Waals surface area contributed by atoms with Crippen molar-refractivity contribution >= 4 is 17.4 Å². The van der Waals surface area contributed by atoms with Gasteiger partial charge in [-0.1, -0.05) is 24.3 Å². The molecule has 134 valence electrons. The van der Waals surface area contributed by atoms with E-state index in [0.717, 1.165) is 16.8 Å². The first-order valence-corrected chi connectivity index (χ1v) is 8.55. The van der Waals surface area contributed by atoms with Crippen LogP contribution < -0.4 is 11.1 Å². The number of carbonyl (C=O) groups is 1. The Labute approximate surface area is 158 Å².